The van der Waals surface area contributed by atoms with Crippen LogP contribution in [-0.2, 0) is 0 Å². The molecule has 0 amide bonds. The summed E-state index contributed by atoms with van der Waals surface area (Å²) in [4.78, 5) is 10.7. The molecule has 0 bridgehead atoms. The number of para-hydroxylation sites is 1. The third kappa shape index (κ3) is 3.65. The average molecular weight is 370 g/mol. The number of benzene rings is 2. The van der Waals surface area contributed by atoms with Crippen molar-refractivity contribution in [2.75, 3.05) is 29.6 Å². The van der Waals surface area contributed by atoms with Gasteiger partial charge in [-0.1, -0.05) is 29.8 Å². The number of rotatable bonds is 6. The fraction of sp³-hybridized carbons (Fsp3) is 0.158. The van der Waals surface area contributed by atoms with Gasteiger partial charge in [0.15, 0.2) is 11.6 Å². The third-order valence-electron chi connectivity index (χ3n) is 3.92. The Balaban J connectivity index is 1.99. The highest BCUT2D eigenvalue weighted by Crippen LogP contribution is 2.35. The molecule has 0 aliphatic carbocycles. The van der Waals surface area contributed by atoms with E-state index >= 15 is 0 Å². The van der Waals surface area contributed by atoms with Crippen LogP contribution in [0.1, 0.15) is 6.92 Å². The second kappa shape index (κ2) is 7.93. The van der Waals surface area contributed by atoms with Crippen molar-refractivity contribution in [3.05, 3.63) is 59.9 Å². The number of methoxy groups -OCH3 is 1. The molecule has 1 aromatic heterocycles. The lowest BCUT2D eigenvalue weighted by atomic mass is 10.2. The second-order valence-corrected chi connectivity index (χ2v) is 5.95. The Morgan fingerprint density at radius 1 is 1.15 bits per heavy atom. The minimum Gasteiger partial charge on any atom is -0.495 e. The molecule has 0 unspecified atom stereocenters. The van der Waals surface area contributed by atoms with Crippen LogP contribution in [0.2, 0.25) is 5.02 Å². The number of ether oxygens (including phenoxy) is 1. The zero-order valence-corrected chi connectivity index (χ0v) is 15.4. The maximum absolute atomic E-state index is 6.37. The normalized spacial score (nSPS) is 10.4. The Hall–Kier alpha value is -2.99. The highest BCUT2D eigenvalue weighted by Gasteiger charge is 2.16. The molecule has 6 nitrogen and oxygen atoms in total. The van der Waals surface area contributed by atoms with Crippen molar-refractivity contribution in [1.82, 2.24) is 9.97 Å². The van der Waals surface area contributed by atoms with Gasteiger partial charge in [-0.05, 0) is 37.3 Å². The smallest absolute Gasteiger partial charge is 0.161 e. The van der Waals surface area contributed by atoms with E-state index in [2.05, 4.69) is 15.3 Å². The molecule has 0 spiro atoms. The fourth-order valence-corrected chi connectivity index (χ4v) is 2.84. The molecular formula is C19H20ClN5O. The molecule has 0 fully saturated rings. The molecule has 26 heavy (non-hydrogen) atoms. The highest BCUT2D eigenvalue weighted by molar-refractivity contribution is 6.31. The summed E-state index contributed by atoms with van der Waals surface area (Å²) in [5.41, 5.74) is 8.50. The summed E-state index contributed by atoms with van der Waals surface area (Å²) in [6, 6.07) is 15.3. The number of hydrogen-bond donors (Lipinski definition) is 2. The van der Waals surface area contributed by atoms with Crippen LogP contribution in [0.3, 0.4) is 0 Å². The lowest BCUT2D eigenvalue weighted by molar-refractivity contribution is 0.417. The number of halogens is 1. The predicted octanol–water partition coefficient (Wildman–Crippen LogP) is 4.62. The summed E-state index contributed by atoms with van der Waals surface area (Å²) in [5, 5.41) is 3.78. The SMILES string of the molecule is CCN(c1ccccc1)c1ncnc(Nc2cc(Cl)ccc2OC)c1N. The molecule has 3 N–H and O–H groups in total. The lowest BCUT2D eigenvalue weighted by Crippen LogP contribution is -2.19. The lowest BCUT2D eigenvalue weighted by Gasteiger charge is -2.24. The van der Waals surface area contributed by atoms with Crippen molar-refractivity contribution in [2.45, 2.75) is 6.92 Å². The molecule has 0 atom stereocenters. The molecule has 0 radical (unpaired) electrons. The molecular weight excluding hydrogens is 350 g/mol. The van der Waals surface area contributed by atoms with Crippen molar-refractivity contribution in [3.63, 3.8) is 0 Å². The van der Waals surface area contributed by atoms with Crippen LogP contribution in [0.4, 0.5) is 28.7 Å². The Bertz CT molecular complexity index is 888. The van der Waals surface area contributed by atoms with Gasteiger partial charge in [-0.2, -0.15) is 0 Å². The molecule has 134 valence electrons. The van der Waals surface area contributed by atoms with Gasteiger partial charge >= 0.3 is 0 Å². The van der Waals surface area contributed by atoms with Crippen LogP contribution in [0.5, 0.6) is 5.75 Å². The topological polar surface area (TPSA) is 76.3 Å². The first-order valence-corrected chi connectivity index (χ1v) is 8.55. The number of nitrogens with one attached hydrogen (secondary N) is 1. The van der Waals surface area contributed by atoms with E-state index in [-0.39, 0.29) is 0 Å². The molecule has 1 heterocycles. The van der Waals surface area contributed by atoms with Crippen molar-refractivity contribution in [1.29, 1.82) is 0 Å². The van der Waals surface area contributed by atoms with Crippen molar-refractivity contribution in [2.24, 2.45) is 0 Å². The van der Waals surface area contributed by atoms with Gasteiger partial charge in [0, 0.05) is 17.3 Å². The van der Waals surface area contributed by atoms with Crippen LogP contribution in [0.15, 0.2) is 54.9 Å². The molecule has 0 aliphatic rings. The van der Waals surface area contributed by atoms with Gasteiger partial charge in [0.25, 0.3) is 0 Å². The molecule has 7 heteroatoms. The number of nitrogens with zero attached hydrogens (tertiary/aromatic N) is 3. The van der Waals surface area contributed by atoms with E-state index in [0.717, 1.165) is 5.69 Å². The minimum atomic E-state index is 0.445. The van der Waals surface area contributed by atoms with Crippen LogP contribution in [-0.4, -0.2) is 23.6 Å². The predicted molar refractivity (Wildman–Crippen MR) is 107 cm³/mol. The summed E-state index contributed by atoms with van der Waals surface area (Å²) >= 11 is 6.10. The standard InChI is InChI=1S/C19H20ClN5O/c1-3-25(14-7-5-4-6-8-14)19-17(21)18(22-12-23-19)24-15-11-13(20)9-10-16(15)26-2/h4-12H,3,21H2,1-2H3,(H,22,23,24). The van der Waals surface area contributed by atoms with E-state index in [1.807, 2.05) is 42.2 Å². The van der Waals surface area contributed by atoms with E-state index in [0.29, 0.717) is 40.3 Å². The van der Waals surface area contributed by atoms with Crippen LogP contribution >= 0.6 is 11.6 Å². The second-order valence-electron chi connectivity index (χ2n) is 5.51. The molecule has 0 saturated heterocycles. The van der Waals surface area contributed by atoms with Gasteiger partial charge in [0.05, 0.1) is 12.8 Å². The average Bonchev–Trinajstić information content (AvgIpc) is 2.66. The number of hydrogen-bond acceptors (Lipinski definition) is 6. The first kappa shape index (κ1) is 17.8. The van der Waals surface area contributed by atoms with Gasteiger partial charge < -0.3 is 20.7 Å². The Morgan fingerprint density at radius 3 is 2.62 bits per heavy atom. The monoisotopic (exact) mass is 369 g/mol. The maximum Gasteiger partial charge on any atom is 0.161 e. The number of anilines is 5. The number of nitrogen functional groups attached to an aromatic ring is 1. The van der Waals surface area contributed by atoms with Crippen molar-refractivity contribution >= 4 is 40.3 Å². The number of nitrogens with two attached hydrogens (primary N) is 1. The summed E-state index contributed by atoms with van der Waals surface area (Å²) in [6.07, 6.45) is 1.48. The van der Waals surface area contributed by atoms with Crippen LogP contribution in [0, 0.1) is 0 Å². The Labute approximate surface area is 157 Å². The summed E-state index contributed by atoms with van der Waals surface area (Å²) < 4.78 is 5.36. The fourth-order valence-electron chi connectivity index (χ4n) is 2.67. The number of aromatic nitrogens is 2. The Kier molecular flexibility index (Phi) is 5.43. The highest BCUT2D eigenvalue weighted by atomic mass is 35.5. The zero-order chi connectivity index (χ0) is 18.5. The summed E-state index contributed by atoms with van der Waals surface area (Å²) in [6.45, 7) is 2.76. The Morgan fingerprint density at radius 2 is 1.92 bits per heavy atom. The zero-order valence-electron chi connectivity index (χ0n) is 14.6. The van der Waals surface area contributed by atoms with Crippen LogP contribution < -0.4 is 20.7 Å². The summed E-state index contributed by atoms with van der Waals surface area (Å²) in [5.74, 6) is 1.77. The van der Waals surface area contributed by atoms with Gasteiger partial charge in [0.2, 0.25) is 0 Å². The minimum absolute atomic E-state index is 0.445. The van der Waals surface area contributed by atoms with E-state index in [1.54, 1.807) is 25.3 Å². The van der Waals surface area contributed by atoms with Gasteiger partial charge in [-0.3, -0.25) is 0 Å². The molecule has 0 aliphatic heterocycles. The van der Waals surface area contributed by atoms with Gasteiger partial charge in [0.1, 0.15) is 17.8 Å². The van der Waals surface area contributed by atoms with Gasteiger partial charge in [-0.15, -0.1) is 0 Å². The van der Waals surface area contributed by atoms with Crippen molar-refractivity contribution in [3.8, 4) is 5.75 Å². The van der Waals surface area contributed by atoms with E-state index in [1.165, 1.54) is 6.33 Å². The maximum atomic E-state index is 6.37. The summed E-state index contributed by atoms with van der Waals surface area (Å²) in [7, 11) is 1.59. The first-order chi connectivity index (χ1) is 12.6. The van der Waals surface area contributed by atoms with E-state index in [9.17, 15) is 0 Å². The molecule has 3 rings (SSSR count). The van der Waals surface area contributed by atoms with Crippen molar-refractivity contribution < 1.29 is 4.74 Å². The molecule has 2 aromatic carbocycles. The van der Waals surface area contributed by atoms with Gasteiger partial charge in [-0.25, -0.2) is 9.97 Å². The molecule has 0 saturated carbocycles. The quantitative estimate of drug-likeness (QED) is 0.660. The molecule has 3 aromatic rings. The van der Waals surface area contributed by atoms with Crippen LogP contribution in [0.25, 0.3) is 0 Å². The van der Waals surface area contributed by atoms with E-state index in [4.69, 9.17) is 22.1 Å². The van der Waals surface area contributed by atoms with E-state index < -0.39 is 0 Å². The first-order valence-electron chi connectivity index (χ1n) is 8.17. The largest absolute Gasteiger partial charge is 0.495 e. The third-order valence-corrected chi connectivity index (χ3v) is 4.15.